The molecule has 1 aromatic carbocycles. The number of guanidine groups is 1. The van der Waals surface area contributed by atoms with Crippen molar-refractivity contribution in [3.8, 4) is 5.75 Å². The zero-order valence-electron chi connectivity index (χ0n) is 15.8. The molecule has 6 nitrogen and oxygen atoms in total. The minimum absolute atomic E-state index is 0. The maximum Gasteiger partial charge on any atom is 0.243 e. The van der Waals surface area contributed by atoms with Crippen molar-refractivity contribution in [3.05, 3.63) is 29.8 Å². The molecule has 0 aliphatic carbocycles. The van der Waals surface area contributed by atoms with E-state index in [1.807, 2.05) is 19.1 Å². The number of hydrogen-bond acceptors (Lipinski definition) is 3. The van der Waals surface area contributed by atoms with Gasteiger partial charge in [-0.15, -0.1) is 24.0 Å². The number of ether oxygens (including phenoxy) is 1. The average Bonchev–Trinajstić information content (AvgIpc) is 2.59. The normalized spacial score (nSPS) is 12.0. The van der Waals surface area contributed by atoms with Crippen molar-refractivity contribution in [3.63, 3.8) is 0 Å². The Hall–Kier alpha value is -1.51. The molecule has 0 heterocycles. The molecule has 0 radical (unpaired) electrons. The number of nitrogens with zero attached hydrogens (tertiary/aromatic N) is 2. The molecule has 0 aliphatic rings. The Kier molecular flexibility index (Phi) is 12.0. The number of aliphatic imine (C=N–C) groups is 1. The van der Waals surface area contributed by atoms with Crippen LogP contribution in [0.5, 0.6) is 5.75 Å². The summed E-state index contributed by atoms with van der Waals surface area (Å²) in [5.74, 6) is 1.96. The summed E-state index contributed by atoms with van der Waals surface area (Å²) in [6.45, 7) is 5.90. The Bertz CT molecular complexity index is 532. The number of rotatable bonds is 8. The van der Waals surface area contributed by atoms with E-state index in [0.29, 0.717) is 11.9 Å². The van der Waals surface area contributed by atoms with Crippen LogP contribution in [0, 0.1) is 0 Å². The third kappa shape index (κ3) is 8.94. The summed E-state index contributed by atoms with van der Waals surface area (Å²) in [4.78, 5) is 17.5. The molecular weight excluding hydrogens is 431 g/mol. The highest BCUT2D eigenvalue weighted by molar-refractivity contribution is 14.0. The number of nitrogens with one attached hydrogen (secondary N) is 2. The smallest absolute Gasteiger partial charge is 0.243 e. The van der Waals surface area contributed by atoms with Crippen LogP contribution in [0.4, 0.5) is 0 Å². The molecule has 2 N–H and O–H groups in total. The highest BCUT2D eigenvalue weighted by atomic mass is 127. The summed E-state index contributed by atoms with van der Waals surface area (Å²) in [5.41, 5.74) is 1.28. The lowest BCUT2D eigenvalue weighted by Gasteiger charge is -2.16. The van der Waals surface area contributed by atoms with Crippen LogP contribution < -0.4 is 15.4 Å². The molecule has 1 atom stereocenters. The lowest BCUT2D eigenvalue weighted by molar-refractivity contribution is -0.127. The van der Waals surface area contributed by atoms with E-state index < -0.39 is 0 Å². The van der Waals surface area contributed by atoms with Crippen molar-refractivity contribution < 1.29 is 9.53 Å². The van der Waals surface area contributed by atoms with E-state index in [4.69, 9.17) is 4.74 Å². The summed E-state index contributed by atoms with van der Waals surface area (Å²) >= 11 is 0. The molecule has 0 spiro atoms. The zero-order valence-corrected chi connectivity index (χ0v) is 18.2. The van der Waals surface area contributed by atoms with Crippen LogP contribution in [0.15, 0.2) is 29.3 Å². The first kappa shape index (κ1) is 23.5. The van der Waals surface area contributed by atoms with Gasteiger partial charge in [-0.1, -0.05) is 19.1 Å². The van der Waals surface area contributed by atoms with Gasteiger partial charge in [0.15, 0.2) is 5.96 Å². The number of benzene rings is 1. The molecule has 1 aromatic rings. The molecule has 0 aliphatic heterocycles. The Morgan fingerprint density at radius 2 is 1.88 bits per heavy atom. The summed E-state index contributed by atoms with van der Waals surface area (Å²) in [6.07, 6.45) is 0.971. The van der Waals surface area contributed by atoms with Crippen LogP contribution in [0.3, 0.4) is 0 Å². The summed E-state index contributed by atoms with van der Waals surface area (Å²) < 4.78 is 5.18. The van der Waals surface area contributed by atoms with E-state index in [-0.39, 0.29) is 36.4 Å². The Morgan fingerprint density at radius 3 is 2.40 bits per heavy atom. The van der Waals surface area contributed by atoms with Crippen molar-refractivity contribution in [2.24, 2.45) is 4.99 Å². The largest absolute Gasteiger partial charge is 0.497 e. The SMILES string of the molecule is CCNC(=NCC(=O)N(C)C)NCCC(C)c1ccc(OC)cc1.I. The van der Waals surface area contributed by atoms with Crippen molar-refractivity contribution in [2.75, 3.05) is 40.8 Å². The third-order valence-corrected chi connectivity index (χ3v) is 3.77. The number of methoxy groups -OCH3 is 1. The van der Waals surface area contributed by atoms with Crippen LogP contribution in [-0.4, -0.2) is 57.6 Å². The van der Waals surface area contributed by atoms with Gasteiger partial charge in [0.25, 0.3) is 0 Å². The monoisotopic (exact) mass is 462 g/mol. The molecule has 1 amide bonds. The Labute approximate surface area is 168 Å². The van der Waals surface area contributed by atoms with Crippen LogP contribution in [0.2, 0.25) is 0 Å². The van der Waals surface area contributed by atoms with Crippen molar-refractivity contribution in [2.45, 2.75) is 26.2 Å². The van der Waals surface area contributed by atoms with E-state index >= 15 is 0 Å². The molecule has 7 heteroatoms. The number of likely N-dealkylation sites (N-methyl/N-ethyl adjacent to an activating group) is 1. The van der Waals surface area contributed by atoms with Crippen LogP contribution in [0.25, 0.3) is 0 Å². The van der Waals surface area contributed by atoms with Gasteiger partial charge in [0.2, 0.25) is 5.91 Å². The van der Waals surface area contributed by atoms with Gasteiger partial charge < -0.3 is 20.3 Å². The predicted octanol–water partition coefficient (Wildman–Crippen LogP) is 2.45. The molecule has 1 rings (SSSR count). The lowest BCUT2D eigenvalue weighted by atomic mass is 9.98. The molecule has 0 saturated heterocycles. The summed E-state index contributed by atoms with van der Waals surface area (Å²) in [6, 6.07) is 8.16. The molecule has 0 aromatic heterocycles. The van der Waals surface area contributed by atoms with Crippen LogP contribution >= 0.6 is 24.0 Å². The first-order valence-corrected chi connectivity index (χ1v) is 8.34. The fourth-order valence-corrected chi connectivity index (χ4v) is 2.14. The van der Waals surface area contributed by atoms with Gasteiger partial charge in [-0.05, 0) is 37.0 Å². The Morgan fingerprint density at radius 1 is 1.24 bits per heavy atom. The van der Waals surface area contributed by atoms with Crippen molar-refractivity contribution in [1.82, 2.24) is 15.5 Å². The van der Waals surface area contributed by atoms with Gasteiger partial charge in [0.05, 0.1) is 7.11 Å². The number of hydrogen-bond donors (Lipinski definition) is 2. The highest BCUT2D eigenvalue weighted by Crippen LogP contribution is 2.21. The lowest BCUT2D eigenvalue weighted by Crippen LogP contribution is -2.39. The molecule has 0 saturated carbocycles. The van der Waals surface area contributed by atoms with Gasteiger partial charge in [-0.25, -0.2) is 4.99 Å². The second-order valence-corrected chi connectivity index (χ2v) is 5.87. The van der Waals surface area contributed by atoms with E-state index in [1.165, 1.54) is 5.56 Å². The highest BCUT2D eigenvalue weighted by Gasteiger charge is 2.07. The maximum absolute atomic E-state index is 11.6. The van der Waals surface area contributed by atoms with Crippen molar-refractivity contribution in [1.29, 1.82) is 0 Å². The summed E-state index contributed by atoms with van der Waals surface area (Å²) in [7, 11) is 5.13. The fourth-order valence-electron chi connectivity index (χ4n) is 2.14. The Balaban J connectivity index is 0.00000576. The predicted molar refractivity (Wildman–Crippen MR) is 114 cm³/mol. The number of halogens is 1. The van der Waals surface area contributed by atoms with Crippen LogP contribution in [-0.2, 0) is 4.79 Å². The van der Waals surface area contributed by atoms with E-state index in [2.05, 4.69) is 34.7 Å². The zero-order chi connectivity index (χ0) is 17.9. The molecule has 25 heavy (non-hydrogen) atoms. The number of carbonyl (C=O) groups excluding carboxylic acids is 1. The van der Waals surface area contributed by atoms with E-state index in [1.54, 1.807) is 26.1 Å². The van der Waals surface area contributed by atoms with Crippen molar-refractivity contribution >= 4 is 35.8 Å². The quantitative estimate of drug-likeness (QED) is 0.354. The minimum Gasteiger partial charge on any atom is -0.497 e. The first-order valence-electron chi connectivity index (χ1n) is 8.34. The molecule has 0 fully saturated rings. The molecular formula is C18H31IN4O2. The van der Waals surface area contributed by atoms with Gasteiger partial charge in [0.1, 0.15) is 12.3 Å². The second-order valence-electron chi connectivity index (χ2n) is 5.87. The average molecular weight is 462 g/mol. The standard InChI is InChI=1S/C18H30N4O2.HI/c1-6-19-18(21-13-17(23)22(3)4)20-12-11-14(2)15-7-9-16(24-5)10-8-15;/h7-10,14H,6,11-13H2,1-5H3,(H2,19,20,21);1H. The van der Waals surface area contributed by atoms with Crippen LogP contribution in [0.1, 0.15) is 31.7 Å². The second kappa shape index (κ2) is 12.8. The topological polar surface area (TPSA) is 66.0 Å². The summed E-state index contributed by atoms with van der Waals surface area (Å²) in [5, 5.41) is 6.44. The third-order valence-electron chi connectivity index (χ3n) is 3.77. The van der Waals surface area contributed by atoms with Gasteiger partial charge in [-0.3, -0.25) is 4.79 Å². The minimum atomic E-state index is -0.0150. The fraction of sp³-hybridized carbons (Fsp3) is 0.556. The van der Waals surface area contributed by atoms with Gasteiger partial charge in [0, 0.05) is 27.2 Å². The number of amides is 1. The van der Waals surface area contributed by atoms with Gasteiger partial charge in [-0.2, -0.15) is 0 Å². The van der Waals surface area contributed by atoms with E-state index in [9.17, 15) is 4.79 Å². The first-order chi connectivity index (χ1) is 11.5. The maximum atomic E-state index is 11.6. The molecule has 142 valence electrons. The van der Waals surface area contributed by atoms with E-state index in [0.717, 1.165) is 25.3 Å². The molecule has 0 bridgehead atoms. The van der Waals surface area contributed by atoms with Gasteiger partial charge >= 0.3 is 0 Å². The molecule has 1 unspecified atom stereocenters. The number of carbonyl (C=O) groups is 1.